The highest BCUT2D eigenvalue weighted by atomic mass is 15.1. The van der Waals surface area contributed by atoms with Gasteiger partial charge in [-0.05, 0) is 18.4 Å². The van der Waals surface area contributed by atoms with Crippen molar-refractivity contribution in [3.63, 3.8) is 0 Å². The van der Waals surface area contributed by atoms with Crippen molar-refractivity contribution in [1.82, 2.24) is 0 Å². The van der Waals surface area contributed by atoms with Gasteiger partial charge in [0.15, 0.2) is 0 Å². The van der Waals surface area contributed by atoms with Crippen LogP contribution in [0.3, 0.4) is 0 Å². The van der Waals surface area contributed by atoms with Crippen LogP contribution in [-0.4, -0.2) is 13.1 Å². The fourth-order valence-electron chi connectivity index (χ4n) is 1.96. The minimum absolute atomic E-state index is 0.657. The van der Waals surface area contributed by atoms with E-state index in [0.29, 0.717) is 6.54 Å². The number of anilines is 1. The molecule has 0 aliphatic heterocycles. The van der Waals surface area contributed by atoms with E-state index < -0.39 is 0 Å². The summed E-state index contributed by atoms with van der Waals surface area (Å²) >= 11 is 0. The number of hydrogen-bond donors (Lipinski definition) is 0. The van der Waals surface area contributed by atoms with E-state index in [2.05, 4.69) is 60.2 Å². The first kappa shape index (κ1) is 10.6. The first-order chi connectivity index (χ1) is 7.86. The van der Waals surface area contributed by atoms with Gasteiger partial charge in [-0.3, -0.25) is 0 Å². The van der Waals surface area contributed by atoms with Gasteiger partial charge in [0.05, 0.1) is 6.54 Å². The van der Waals surface area contributed by atoms with Gasteiger partial charge in [-0.2, -0.15) is 0 Å². The molecule has 0 aliphatic carbocycles. The molecular formula is C15H15N. The van der Waals surface area contributed by atoms with Crippen molar-refractivity contribution in [3.05, 3.63) is 42.5 Å². The zero-order valence-corrected chi connectivity index (χ0v) is 9.48. The normalized spacial score (nSPS) is 10.0. The summed E-state index contributed by atoms with van der Waals surface area (Å²) in [4.78, 5) is 2.21. The second kappa shape index (κ2) is 4.72. The first-order valence-electron chi connectivity index (χ1n) is 5.53. The van der Waals surface area contributed by atoms with Gasteiger partial charge in [-0.1, -0.05) is 42.3 Å². The smallest absolute Gasteiger partial charge is 0.0791 e. The lowest BCUT2D eigenvalue weighted by Gasteiger charge is -2.22. The molecule has 0 unspecified atom stereocenters. The molecule has 0 N–H and O–H groups in total. The number of terminal acetylenes is 1. The molecule has 0 saturated carbocycles. The van der Waals surface area contributed by atoms with E-state index in [1.54, 1.807) is 0 Å². The van der Waals surface area contributed by atoms with Crippen LogP contribution in [-0.2, 0) is 0 Å². The van der Waals surface area contributed by atoms with Gasteiger partial charge in [0, 0.05) is 17.6 Å². The molecule has 16 heavy (non-hydrogen) atoms. The molecule has 2 aromatic rings. The summed E-state index contributed by atoms with van der Waals surface area (Å²) in [5, 5.41) is 2.53. The Morgan fingerprint density at radius 1 is 1.12 bits per heavy atom. The van der Waals surface area contributed by atoms with E-state index in [1.165, 1.54) is 16.5 Å². The second-order valence-electron chi connectivity index (χ2n) is 3.72. The molecule has 1 nitrogen and oxygen atoms in total. The number of rotatable bonds is 3. The molecule has 0 saturated heterocycles. The molecule has 0 fully saturated rings. The molecular weight excluding hydrogens is 194 g/mol. The predicted octanol–water partition coefficient (Wildman–Crippen LogP) is 3.30. The fourth-order valence-corrected chi connectivity index (χ4v) is 1.96. The fraction of sp³-hybridized carbons (Fsp3) is 0.200. The summed E-state index contributed by atoms with van der Waals surface area (Å²) in [7, 11) is 0. The molecule has 0 atom stereocenters. The van der Waals surface area contributed by atoms with Crippen LogP contribution in [0, 0.1) is 12.3 Å². The molecule has 0 spiro atoms. The van der Waals surface area contributed by atoms with Gasteiger partial charge in [0.1, 0.15) is 0 Å². The van der Waals surface area contributed by atoms with Crippen LogP contribution in [0.4, 0.5) is 5.69 Å². The third-order valence-electron chi connectivity index (χ3n) is 2.77. The lowest BCUT2D eigenvalue weighted by atomic mass is 10.1. The van der Waals surface area contributed by atoms with E-state index in [4.69, 9.17) is 6.42 Å². The lowest BCUT2D eigenvalue weighted by Crippen LogP contribution is -2.22. The Balaban J connectivity index is 2.55. The highest BCUT2D eigenvalue weighted by Crippen LogP contribution is 2.26. The summed E-state index contributed by atoms with van der Waals surface area (Å²) in [5.41, 5.74) is 1.22. The number of benzene rings is 2. The minimum atomic E-state index is 0.657. The summed E-state index contributed by atoms with van der Waals surface area (Å²) in [5.74, 6) is 2.71. The maximum absolute atomic E-state index is 5.39. The lowest BCUT2D eigenvalue weighted by molar-refractivity contribution is 0.923. The van der Waals surface area contributed by atoms with E-state index >= 15 is 0 Å². The zero-order valence-electron chi connectivity index (χ0n) is 9.48. The highest BCUT2D eigenvalue weighted by Gasteiger charge is 2.06. The Morgan fingerprint density at radius 3 is 2.62 bits per heavy atom. The average Bonchev–Trinajstić information content (AvgIpc) is 2.35. The van der Waals surface area contributed by atoms with Crippen molar-refractivity contribution in [2.75, 3.05) is 18.0 Å². The van der Waals surface area contributed by atoms with Crippen LogP contribution < -0.4 is 4.90 Å². The zero-order chi connectivity index (χ0) is 11.4. The van der Waals surface area contributed by atoms with Gasteiger partial charge in [0.2, 0.25) is 0 Å². The van der Waals surface area contributed by atoms with Gasteiger partial charge in [-0.25, -0.2) is 0 Å². The Morgan fingerprint density at radius 2 is 1.88 bits per heavy atom. The molecule has 0 amide bonds. The molecule has 2 rings (SSSR count). The van der Waals surface area contributed by atoms with Gasteiger partial charge in [0.25, 0.3) is 0 Å². The van der Waals surface area contributed by atoms with E-state index in [0.717, 1.165) is 6.54 Å². The quantitative estimate of drug-likeness (QED) is 0.701. The molecule has 2 aromatic carbocycles. The highest BCUT2D eigenvalue weighted by molar-refractivity contribution is 5.94. The topological polar surface area (TPSA) is 3.24 Å². The molecule has 80 valence electrons. The van der Waals surface area contributed by atoms with Crippen molar-refractivity contribution in [2.24, 2.45) is 0 Å². The summed E-state index contributed by atoms with van der Waals surface area (Å²) in [6.07, 6.45) is 5.39. The monoisotopic (exact) mass is 209 g/mol. The number of fused-ring (bicyclic) bond motifs is 1. The second-order valence-corrected chi connectivity index (χ2v) is 3.72. The number of nitrogens with zero attached hydrogens (tertiary/aromatic N) is 1. The van der Waals surface area contributed by atoms with Gasteiger partial charge < -0.3 is 4.90 Å². The third-order valence-corrected chi connectivity index (χ3v) is 2.77. The van der Waals surface area contributed by atoms with Crippen LogP contribution in [0.2, 0.25) is 0 Å². The summed E-state index contributed by atoms with van der Waals surface area (Å²) in [6.45, 7) is 3.71. The van der Waals surface area contributed by atoms with Crippen molar-refractivity contribution in [3.8, 4) is 12.3 Å². The molecule has 1 heteroatoms. The van der Waals surface area contributed by atoms with Crippen LogP contribution in [0.5, 0.6) is 0 Å². The minimum Gasteiger partial charge on any atom is -0.360 e. The summed E-state index contributed by atoms with van der Waals surface area (Å²) in [6, 6.07) is 14.7. The molecule has 0 aromatic heterocycles. The SMILES string of the molecule is C#CCN(CC)c1cccc2ccccc12. The number of hydrogen-bond acceptors (Lipinski definition) is 1. The van der Waals surface area contributed by atoms with Crippen molar-refractivity contribution >= 4 is 16.5 Å². The van der Waals surface area contributed by atoms with Crippen LogP contribution in [0.25, 0.3) is 10.8 Å². The van der Waals surface area contributed by atoms with Crippen LogP contribution in [0.15, 0.2) is 42.5 Å². The van der Waals surface area contributed by atoms with Crippen LogP contribution in [0.1, 0.15) is 6.92 Å². The molecule has 0 radical (unpaired) electrons. The average molecular weight is 209 g/mol. The van der Waals surface area contributed by atoms with Crippen LogP contribution >= 0.6 is 0 Å². The van der Waals surface area contributed by atoms with E-state index in [1.807, 2.05) is 0 Å². The Bertz CT molecular complexity index is 517. The maximum Gasteiger partial charge on any atom is 0.0791 e. The largest absolute Gasteiger partial charge is 0.360 e. The first-order valence-corrected chi connectivity index (χ1v) is 5.53. The van der Waals surface area contributed by atoms with E-state index in [-0.39, 0.29) is 0 Å². The summed E-state index contributed by atoms with van der Waals surface area (Å²) < 4.78 is 0. The maximum atomic E-state index is 5.39. The Hall–Kier alpha value is -1.94. The third kappa shape index (κ3) is 1.87. The Labute approximate surface area is 96.7 Å². The Kier molecular flexibility index (Phi) is 3.12. The van der Waals surface area contributed by atoms with Crippen molar-refractivity contribution < 1.29 is 0 Å². The van der Waals surface area contributed by atoms with Crippen molar-refractivity contribution in [1.29, 1.82) is 0 Å². The molecule has 0 heterocycles. The molecule has 0 bridgehead atoms. The van der Waals surface area contributed by atoms with Gasteiger partial charge in [-0.15, -0.1) is 6.42 Å². The van der Waals surface area contributed by atoms with Gasteiger partial charge >= 0.3 is 0 Å². The van der Waals surface area contributed by atoms with Crippen molar-refractivity contribution in [2.45, 2.75) is 6.92 Å². The standard InChI is InChI=1S/C15H15N/c1-3-12-16(4-2)15-11-7-9-13-8-5-6-10-14(13)15/h1,5-11H,4,12H2,2H3. The molecule has 0 aliphatic rings. The predicted molar refractivity (Wildman–Crippen MR) is 70.7 cm³/mol. The van der Waals surface area contributed by atoms with E-state index in [9.17, 15) is 0 Å².